The fraction of sp³-hybridized carbons (Fsp3) is 0.111. The summed E-state index contributed by atoms with van der Waals surface area (Å²) in [6.07, 6.45) is -11.3. The van der Waals surface area contributed by atoms with Gasteiger partial charge in [-0.3, -0.25) is 0 Å². The highest BCUT2D eigenvalue weighted by molar-refractivity contribution is 6.35. The summed E-state index contributed by atoms with van der Waals surface area (Å²) >= 11 is 24.1. The fourth-order valence-electron chi connectivity index (χ4n) is 4.39. The van der Waals surface area contributed by atoms with Gasteiger partial charge in [-0.15, -0.1) is 0 Å². The predicted molar refractivity (Wildman–Crippen MR) is 189 cm³/mol. The maximum atomic E-state index is 13.7. The van der Waals surface area contributed by atoms with E-state index in [9.17, 15) is 48.6 Å². The van der Waals surface area contributed by atoms with Crippen LogP contribution in [0.25, 0.3) is 0 Å². The van der Waals surface area contributed by atoms with E-state index in [-0.39, 0.29) is 20.1 Å². The van der Waals surface area contributed by atoms with Crippen molar-refractivity contribution in [2.75, 3.05) is 0 Å². The Morgan fingerprint density at radius 1 is 0.382 bits per heavy atom. The summed E-state index contributed by atoms with van der Waals surface area (Å²) in [6.45, 7) is 0. The summed E-state index contributed by atoms with van der Waals surface area (Å²) in [6, 6.07) is 20.4. The molecule has 4 atom stereocenters. The van der Waals surface area contributed by atoms with Gasteiger partial charge < -0.3 is 33.9 Å². The number of esters is 6. The van der Waals surface area contributed by atoms with Gasteiger partial charge in [0.2, 0.25) is 24.4 Å². The van der Waals surface area contributed by atoms with E-state index in [2.05, 4.69) is 0 Å². The lowest BCUT2D eigenvalue weighted by Gasteiger charge is -2.25. The van der Waals surface area contributed by atoms with E-state index < -0.39 is 94.4 Å². The van der Waals surface area contributed by atoms with Crippen LogP contribution in [0.15, 0.2) is 97.1 Å². The number of aliphatic carboxylic acids is 2. The maximum absolute atomic E-state index is 13.7. The molecule has 0 bridgehead atoms. The van der Waals surface area contributed by atoms with E-state index in [1.165, 1.54) is 72.8 Å². The first-order chi connectivity index (χ1) is 26.1. The minimum absolute atomic E-state index is 0.215. The molecule has 0 saturated heterocycles. The molecule has 0 spiro atoms. The van der Waals surface area contributed by atoms with E-state index in [1.54, 1.807) is 0 Å². The number of carbonyl (C=O) groups is 8. The molecule has 284 valence electrons. The smallest absolute Gasteiger partial charge is 0.359 e. The van der Waals surface area contributed by atoms with Crippen LogP contribution in [0, 0.1) is 0 Å². The Balaban J connectivity index is 1.74. The summed E-state index contributed by atoms with van der Waals surface area (Å²) in [4.78, 5) is 105. The second-order valence-electron chi connectivity index (χ2n) is 10.6. The molecule has 55 heavy (non-hydrogen) atoms. The molecule has 4 aromatic carbocycles. The molecule has 0 fully saturated rings. The molecular formula is C36H22Cl4O15. The van der Waals surface area contributed by atoms with Crippen LogP contribution in [0.2, 0.25) is 20.1 Å². The van der Waals surface area contributed by atoms with E-state index in [4.69, 9.17) is 70.1 Å². The first-order valence-corrected chi connectivity index (χ1v) is 16.6. The number of hydrogen-bond acceptors (Lipinski definition) is 13. The fourth-order valence-corrected chi connectivity index (χ4v) is 5.24. The van der Waals surface area contributed by atoms with E-state index >= 15 is 0 Å². The molecule has 0 heterocycles. The van der Waals surface area contributed by atoms with Crippen molar-refractivity contribution in [1.29, 1.82) is 0 Å². The molecule has 4 unspecified atom stereocenters. The lowest BCUT2D eigenvalue weighted by atomic mass is 10.1. The molecule has 19 heteroatoms. The van der Waals surface area contributed by atoms with Gasteiger partial charge in [-0.25, -0.2) is 38.4 Å². The zero-order chi connectivity index (χ0) is 40.4. The number of ether oxygens (including phenoxy) is 5. The number of benzene rings is 4. The zero-order valence-corrected chi connectivity index (χ0v) is 30.3. The highest BCUT2D eigenvalue weighted by Crippen LogP contribution is 2.24. The summed E-state index contributed by atoms with van der Waals surface area (Å²) in [5.41, 5.74) is -1.66. The molecule has 2 N–H and O–H groups in total. The van der Waals surface area contributed by atoms with Crippen molar-refractivity contribution in [3.05, 3.63) is 139 Å². The topological polar surface area (TPSA) is 223 Å². The molecule has 0 radical (unpaired) electrons. The molecule has 0 aliphatic heterocycles. The minimum atomic E-state index is -2.86. The summed E-state index contributed by atoms with van der Waals surface area (Å²) in [7, 11) is 0. The largest absolute Gasteiger partial charge is 0.478 e. The van der Waals surface area contributed by atoms with Gasteiger partial charge in [0.15, 0.2) is 0 Å². The number of rotatable bonds is 14. The van der Waals surface area contributed by atoms with Gasteiger partial charge in [0, 0.05) is 0 Å². The normalized spacial score (nSPS) is 12.8. The van der Waals surface area contributed by atoms with Crippen LogP contribution in [0.5, 0.6) is 0 Å². The first-order valence-electron chi connectivity index (χ1n) is 15.1. The number of carboxylic acid groups (broad SMARTS) is 2. The average Bonchev–Trinajstić information content (AvgIpc) is 3.14. The number of carboxylic acids is 2. The molecule has 15 nitrogen and oxygen atoms in total. The van der Waals surface area contributed by atoms with Gasteiger partial charge in [-0.05, 0) is 48.5 Å². The van der Waals surface area contributed by atoms with Crippen LogP contribution >= 0.6 is 46.4 Å². The van der Waals surface area contributed by atoms with Gasteiger partial charge in [-0.2, -0.15) is 0 Å². The lowest BCUT2D eigenvalue weighted by Crippen LogP contribution is -2.50. The third-order valence-electron chi connectivity index (χ3n) is 7.01. The van der Waals surface area contributed by atoms with E-state index in [0.29, 0.717) is 0 Å². The minimum Gasteiger partial charge on any atom is -0.478 e. The van der Waals surface area contributed by atoms with Gasteiger partial charge >= 0.3 is 47.8 Å². The summed E-state index contributed by atoms with van der Waals surface area (Å²) in [5, 5.41) is 19.2. The van der Waals surface area contributed by atoms with Crippen molar-refractivity contribution < 1.29 is 72.3 Å². The molecule has 0 amide bonds. The van der Waals surface area contributed by atoms with Crippen LogP contribution in [0.1, 0.15) is 41.4 Å². The maximum Gasteiger partial charge on any atom is 0.359 e. The predicted octanol–water partition coefficient (Wildman–Crippen LogP) is 5.74. The first kappa shape index (κ1) is 41.8. The van der Waals surface area contributed by atoms with E-state index in [1.807, 2.05) is 0 Å². The van der Waals surface area contributed by atoms with Crippen LogP contribution < -0.4 is 0 Å². The van der Waals surface area contributed by atoms with Crippen molar-refractivity contribution in [2.24, 2.45) is 0 Å². The van der Waals surface area contributed by atoms with Crippen molar-refractivity contribution in [2.45, 2.75) is 24.4 Å². The number of hydrogen-bond donors (Lipinski definition) is 2. The van der Waals surface area contributed by atoms with Crippen LogP contribution in [-0.4, -0.2) is 82.4 Å². The van der Waals surface area contributed by atoms with Gasteiger partial charge in [0.1, 0.15) is 0 Å². The van der Waals surface area contributed by atoms with Crippen molar-refractivity contribution in [1.82, 2.24) is 0 Å². The van der Waals surface area contributed by atoms with E-state index in [0.717, 1.165) is 24.3 Å². The molecule has 0 saturated carbocycles. The molecule has 0 aromatic heterocycles. The zero-order valence-electron chi connectivity index (χ0n) is 27.3. The Kier molecular flexibility index (Phi) is 14.3. The Morgan fingerprint density at radius 2 is 0.600 bits per heavy atom. The number of halogens is 4. The van der Waals surface area contributed by atoms with Crippen LogP contribution in [-0.2, 0) is 42.9 Å². The van der Waals surface area contributed by atoms with Crippen LogP contribution in [0.4, 0.5) is 0 Å². The van der Waals surface area contributed by atoms with Crippen molar-refractivity contribution in [3.8, 4) is 0 Å². The Labute approximate surface area is 329 Å². The van der Waals surface area contributed by atoms with Crippen LogP contribution in [0.3, 0.4) is 0 Å². The summed E-state index contributed by atoms with van der Waals surface area (Å²) in [5.74, 6) is -14.3. The monoisotopic (exact) mass is 834 g/mol. The molecule has 0 aliphatic carbocycles. The standard InChI is InChI=1S/C36H22Cl4O15/c37-21-13-5-1-9-17(21)31(45)51-25(29(41)42)27(53-33(47)19-11-3-7-15-23(19)39)35(49)55-36(50)28(54-34(48)20-12-4-8-16-24(20)40)26(30(43)44)52-32(46)18-10-2-6-14-22(18)38/h1-16,25-28H,(H,41,42)(H,43,44). The van der Waals surface area contributed by atoms with Crippen molar-refractivity contribution in [3.63, 3.8) is 0 Å². The SMILES string of the molecule is O=C(OC(C(=O)O)C(OC(=O)c1ccccc1Cl)C(=O)OC(=O)C(OC(=O)c1ccccc1Cl)C(OC(=O)c1ccccc1Cl)C(=O)O)c1ccccc1Cl. The molecule has 4 rings (SSSR count). The Hall–Kier alpha value is -6.00. The molecule has 4 aromatic rings. The third kappa shape index (κ3) is 10.6. The molecular weight excluding hydrogens is 814 g/mol. The van der Waals surface area contributed by atoms with Gasteiger partial charge in [0.05, 0.1) is 42.3 Å². The van der Waals surface area contributed by atoms with Gasteiger partial charge in [-0.1, -0.05) is 94.9 Å². The Morgan fingerprint density at radius 3 is 0.818 bits per heavy atom. The highest BCUT2D eigenvalue weighted by atomic mass is 35.5. The molecule has 0 aliphatic rings. The summed E-state index contributed by atoms with van der Waals surface area (Å²) < 4.78 is 24.9. The number of carbonyl (C=O) groups excluding carboxylic acids is 6. The quantitative estimate of drug-likeness (QED) is 0.0878. The van der Waals surface area contributed by atoms with Crippen molar-refractivity contribution >= 4 is 94.2 Å². The van der Waals surface area contributed by atoms with Gasteiger partial charge in [0.25, 0.3) is 0 Å². The lowest BCUT2D eigenvalue weighted by molar-refractivity contribution is -0.184. The second-order valence-corrected chi connectivity index (χ2v) is 12.3. The average molecular weight is 836 g/mol. The third-order valence-corrected chi connectivity index (χ3v) is 8.33. The Bertz CT molecular complexity index is 2020. The second kappa shape index (κ2) is 18.9. The highest BCUT2D eigenvalue weighted by Gasteiger charge is 2.47.